The minimum absolute atomic E-state index is 0.0420. The lowest BCUT2D eigenvalue weighted by Crippen LogP contribution is -2.67. The Morgan fingerprint density at radius 3 is 2.17 bits per heavy atom. The van der Waals surface area contributed by atoms with Crippen LogP contribution in [0.5, 0.6) is 0 Å². The van der Waals surface area contributed by atoms with Gasteiger partial charge < -0.3 is 15.2 Å². The molecule has 6 heteroatoms. The van der Waals surface area contributed by atoms with Crippen molar-refractivity contribution in [3.05, 3.63) is 12.2 Å². The van der Waals surface area contributed by atoms with Crippen LogP contribution in [0.1, 0.15) is 152 Å². The first-order valence-electron chi connectivity index (χ1n) is 19.1. The Morgan fingerprint density at radius 1 is 0.830 bits per heavy atom. The second-order valence-corrected chi connectivity index (χ2v) is 19.8. The Morgan fingerprint density at radius 2 is 1.53 bits per heavy atom. The average Bonchev–Trinajstić information content (AvgIpc) is 3.66. The molecule has 6 aliphatic rings. The Balaban J connectivity index is 1.23. The van der Waals surface area contributed by atoms with Crippen molar-refractivity contribution in [3.63, 3.8) is 0 Å². The fourth-order valence-electron chi connectivity index (χ4n) is 13.7. The van der Waals surface area contributed by atoms with Crippen LogP contribution in [0.15, 0.2) is 12.2 Å². The third-order valence-corrected chi connectivity index (χ3v) is 16.2. The summed E-state index contributed by atoms with van der Waals surface area (Å²) in [5.74, 6) is 1.93. The lowest BCUT2D eigenvalue weighted by atomic mass is 9.32. The lowest BCUT2D eigenvalue weighted by Gasteiger charge is -2.73. The first-order valence-corrected chi connectivity index (χ1v) is 19.1. The van der Waals surface area contributed by atoms with Crippen LogP contribution in [0, 0.1) is 62.1 Å². The molecule has 1 amide bonds. The normalized spacial score (nSPS) is 43.8. The first kappa shape index (κ1) is 35.0. The number of carboxylic acid groups (broad SMARTS) is 1. The van der Waals surface area contributed by atoms with Gasteiger partial charge >= 0.3 is 11.9 Å². The summed E-state index contributed by atoms with van der Waals surface area (Å²) >= 11 is 0. The number of rotatable bonds is 9. The molecule has 0 radical (unpaired) electrons. The SMILES string of the molecule is C=C(C)C1CC[C@]2(CC(=O)NC3CC3)CC[C@]3(C)[C@H](CC[C@@H]4[C@@]5(C)CC[C@H](OC(=O)CC(C)(C)CC(=O)O)C(C)(C)[C@@H]5CC[C@]43C)[C@@H]12. The van der Waals surface area contributed by atoms with Gasteiger partial charge in [-0.05, 0) is 141 Å². The predicted octanol–water partition coefficient (Wildman–Crippen LogP) is 9.12. The number of amides is 1. The smallest absolute Gasteiger partial charge is 0.306 e. The lowest BCUT2D eigenvalue weighted by molar-refractivity contribution is -0.250. The van der Waals surface area contributed by atoms with Crippen LogP contribution in [0.4, 0.5) is 0 Å². The molecule has 1 unspecified atom stereocenters. The molecule has 6 rings (SSSR count). The number of allylic oxidation sites excluding steroid dienone is 1. The van der Waals surface area contributed by atoms with Crippen molar-refractivity contribution in [1.29, 1.82) is 0 Å². The molecule has 6 saturated carbocycles. The van der Waals surface area contributed by atoms with Gasteiger partial charge in [0, 0.05) is 17.9 Å². The molecule has 0 aromatic rings. The number of hydrogen-bond donors (Lipinski definition) is 2. The van der Waals surface area contributed by atoms with Crippen LogP contribution in [0.25, 0.3) is 0 Å². The molecule has 0 aromatic carbocycles. The summed E-state index contributed by atoms with van der Waals surface area (Å²) in [5.41, 5.74) is 1.30. The van der Waals surface area contributed by atoms with E-state index in [4.69, 9.17) is 4.74 Å². The average molecular weight is 652 g/mol. The van der Waals surface area contributed by atoms with Crippen LogP contribution in [0.2, 0.25) is 0 Å². The Kier molecular flexibility index (Phi) is 8.64. The summed E-state index contributed by atoms with van der Waals surface area (Å²) in [5, 5.41) is 12.7. The molecular weight excluding hydrogens is 586 g/mol. The van der Waals surface area contributed by atoms with E-state index in [1.54, 1.807) is 0 Å². The van der Waals surface area contributed by atoms with E-state index in [-0.39, 0.29) is 52.0 Å². The number of carbonyl (C=O) groups excluding carboxylic acids is 2. The van der Waals surface area contributed by atoms with Crippen LogP contribution < -0.4 is 5.32 Å². The van der Waals surface area contributed by atoms with Gasteiger partial charge in [0.05, 0.1) is 12.8 Å². The van der Waals surface area contributed by atoms with Gasteiger partial charge in [-0.1, -0.05) is 60.6 Å². The number of aliphatic carboxylic acids is 1. The maximum absolute atomic E-state index is 13.4. The van der Waals surface area contributed by atoms with E-state index < -0.39 is 11.4 Å². The predicted molar refractivity (Wildman–Crippen MR) is 185 cm³/mol. The van der Waals surface area contributed by atoms with Gasteiger partial charge in [0.15, 0.2) is 0 Å². The van der Waals surface area contributed by atoms with Crippen LogP contribution in [0.3, 0.4) is 0 Å². The zero-order valence-corrected chi connectivity index (χ0v) is 30.9. The Bertz CT molecular complexity index is 1300. The Hall–Kier alpha value is -1.85. The number of carbonyl (C=O) groups is 3. The van der Waals surface area contributed by atoms with Gasteiger partial charge in [-0.25, -0.2) is 0 Å². The molecule has 6 fully saturated rings. The summed E-state index contributed by atoms with van der Waals surface area (Å²) < 4.78 is 6.26. The van der Waals surface area contributed by atoms with Crippen molar-refractivity contribution in [1.82, 2.24) is 5.32 Å². The fraction of sp³-hybridized carbons (Fsp3) is 0.878. The molecule has 0 spiro atoms. The van der Waals surface area contributed by atoms with Gasteiger partial charge in [-0.2, -0.15) is 0 Å². The molecule has 6 nitrogen and oxygen atoms in total. The molecule has 10 atom stereocenters. The van der Waals surface area contributed by atoms with Crippen molar-refractivity contribution in [2.24, 2.45) is 62.1 Å². The maximum Gasteiger partial charge on any atom is 0.306 e. The van der Waals surface area contributed by atoms with E-state index in [2.05, 4.69) is 53.4 Å². The Labute approximate surface area is 285 Å². The minimum atomic E-state index is -0.879. The fourth-order valence-corrected chi connectivity index (χ4v) is 13.7. The van der Waals surface area contributed by atoms with E-state index in [0.29, 0.717) is 48.0 Å². The molecule has 47 heavy (non-hydrogen) atoms. The van der Waals surface area contributed by atoms with Crippen LogP contribution in [-0.2, 0) is 19.1 Å². The molecule has 0 heterocycles. The second-order valence-electron chi connectivity index (χ2n) is 19.8. The second kappa shape index (κ2) is 11.6. The number of esters is 1. The third kappa shape index (κ3) is 5.72. The number of ether oxygens (including phenoxy) is 1. The molecule has 0 aromatic heterocycles. The molecule has 6 aliphatic carbocycles. The van der Waals surface area contributed by atoms with Crippen molar-refractivity contribution >= 4 is 17.8 Å². The number of hydrogen-bond acceptors (Lipinski definition) is 4. The van der Waals surface area contributed by atoms with Crippen molar-refractivity contribution in [3.8, 4) is 0 Å². The van der Waals surface area contributed by atoms with Crippen molar-refractivity contribution in [2.45, 2.75) is 164 Å². The summed E-state index contributed by atoms with van der Waals surface area (Å²) in [7, 11) is 0. The van der Waals surface area contributed by atoms with Crippen molar-refractivity contribution < 1.29 is 24.2 Å². The molecule has 264 valence electrons. The highest BCUT2D eigenvalue weighted by atomic mass is 16.5. The van der Waals surface area contributed by atoms with E-state index in [1.165, 1.54) is 44.1 Å². The van der Waals surface area contributed by atoms with Gasteiger partial charge in [-0.3, -0.25) is 14.4 Å². The van der Waals surface area contributed by atoms with E-state index in [0.717, 1.165) is 38.5 Å². The van der Waals surface area contributed by atoms with Crippen molar-refractivity contribution in [2.75, 3.05) is 0 Å². The highest BCUT2D eigenvalue weighted by molar-refractivity contribution is 5.77. The zero-order chi connectivity index (χ0) is 34.4. The van der Waals surface area contributed by atoms with Crippen LogP contribution in [-0.4, -0.2) is 35.1 Å². The largest absolute Gasteiger partial charge is 0.481 e. The first-order chi connectivity index (χ1) is 21.8. The molecular formula is C41H65NO5. The van der Waals surface area contributed by atoms with Gasteiger partial charge in [0.1, 0.15) is 6.10 Å². The summed E-state index contributed by atoms with van der Waals surface area (Å²) in [4.78, 5) is 37.9. The van der Waals surface area contributed by atoms with Crippen LogP contribution >= 0.6 is 0 Å². The quantitative estimate of drug-likeness (QED) is 0.192. The molecule has 0 aliphatic heterocycles. The highest BCUT2D eigenvalue weighted by Gasteiger charge is 2.71. The molecule has 2 N–H and O–H groups in total. The minimum Gasteiger partial charge on any atom is -0.481 e. The number of fused-ring (bicyclic) bond motifs is 7. The maximum atomic E-state index is 13.4. The summed E-state index contributed by atoms with van der Waals surface area (Å²) in [6, 6.07) is 0.418. The molecule has 0 saturated heterocycles. The summed E-state index contributed by atoms with van der Waals surface area (Å²) in [6.45, 7) is 23.0. The van der Waals surface area contributed by atoms with Gasteiger partial charge in [0.2, 0.25) is 5.91 Å². The monoisotopic (exact) mass is 651 g/mol. The number of carboxylic acids is 1. The highest BCUT2D eigenvalue weighted by Crippen LogP contribution is 2.78. The number of nitrogens with one attached hydrogen (secondary N) is 1. The third-order valence-electron chi connectivity index (χ3n) is 16.2. The van der Waals surface area contributed by atoms with Gasteiger partial charge in [0.25, 0.3) is 0 Å². The summed E-state index contributed by atoms with van der Waals surface area (Å²) in [6.07, 6.45) is 14.5. The zero-order valence-electron chi connectivity index (χ0n) is 30.9. The standard InChI is InChI=1S/C41H65NO5/c1-25(2)27-14-19-41(22-32(43)42-26-10-11-26)21-20-39(8)28(35(27)41)12-13-30-38(7)17-16-31(37(5,6)29(38)15-18-40(30,39)9)47-34(46)24-36(3,4)23-33(44)45/h26-31,35H,1,10-24H2,2-9H3,(H,42,43)(H,44,45)/t27?,28-,29+,30-,31+,35-,38+,39-,40-,41-/m1/s1. The van der Waals surface area contributed by atoms with E-state index in [1.807, 2.05) is 13.8 Å². The van der Waals surface area contributed by atoms with Gasteiger partial charge in [-0.15, -0.1) is 0 Å². The topological polar surface area (TPSA) is 92.7 Å². The van der Waals surface area contributed by atoms with E-state index in [9.17, 15) is 19.5 Å². The van der Waals surface area contributed by atoms with E-state index >= 15 is 0 Å². The molecule has 0 bridgehead atoms.